The smallest absolute Gasteiger partial charge is 0.106 e. The SMILES string of the molecule is CCCNC(c1cc(C)oc1C)c1ccsc1C. The van der Waals surface area contributed by atoms with E-state index < -0.39 is 0 Å². The Morgan fingerprint density at radius 2 is 2.06 bits per heavy atom. The minimum Gasteiger partial charge on any atom is -0.466 e. The third-order valence-corrected chi connectivity index (χ3v) is 4.06. The highest BCUT2D eigenvalue weighted by Gasteiger charge is 2.20. The van der Waals surface area contributed by atoms with Crippen LogP contribution in [0.3, 0.4) is 0 Å². The van der Waals surface area contributed by atoms with Crippen molar-refractivity contribution in [3.8, 4) is 0 Å². The van der Waals surface area contributed by atoms with E-state index >= 15 is 0 Å². The third kappa shape index (κ3) is 2.68. The fourth-order valence-electron chi connectivity index (χ4n) is 2.31. The zero-order valence-electron chi connectivity index (χ0n) is 11.5. The van der Waals surface area contributed by atoms with Crippen molar-refractivity contribution in [2.45, 2.75) is 40.2 Å². The van der Waals surface area contributed by atoms with E-state index in [2.05, 4.69) is 36.7 Å². The molecule has 1 unspecified atom stereocenters. The molecule has 98 valence electrons. The van der Waals surface area contributed by atoms with Gasteiger partial charge in [0.25, 0.3) is 0 Å². The predicted molar refractivity (Wildman–Crippen MR) is 77.4 cm³/mol. The monoisotopic (exact) mass is 263 g/mol. The molecule has 0 radical (unpaired) electrons. The van der Waals surface area contributed by atoms with E-state index in [0.717, 1.165) is 24.5 Å². The largest absolute Gasteiger partial charge is 0.466 e. The Hall–Kier alpha value is -1.06. The van der Waals surface area contributed by atoms with E-state index in [1.807, 2.05) is 13.8 Å². The number of aryl methyl sites for hydroxylation is 3. The Balaban J connectivity index is 2.37. The van der Waals surface area contributed by atoms with E-state index in [1.165, 1.54) is 16.0 Å². The fraction of sp³-hybridized carbons (Fsp3) is 0.467. The van der Waals surface area contributed by atoms with E-state index in [9.17, 15) is 0 Å². The molecule has 2 nitrogen and oxygen atoms in total. The Morgan fingerprint density at radius 3 is 2.56 bits per heavy atom. The maximum absolute atomic E-state index is 5.68. The first-order valence-corrected chi connectivity index (χ1v) is 7.35. The van der Waals surface area contributed by atoms with Crippen molar-refractivity contribution in [2.75, 3.05) is 6.54 Å². The van der Waals surface area contributed by atoms with Crippen LogP contribution in [-0.2, 0) is 0 Å². The summed E-state index contributed by atoms with van der Waals surface area (Å²) in [5, 5.41) is 5.79. The summed E-state index contributed by atoms with van der Waals surface area (Å²) in [4.78, 5) is 1.38. The zero-order chi connectivity index (χ0) is 13.1. The van der Waals surface area contributed by atoms with Crippen LogP contribution in [0, 0.1) is 20.8 Å². The van der Waals surface area contributed by atoms with Gasteiger partial charge in [0.1, 0.15) is 11.5 Å². The standard InChI is InChI=1S/C15H21NOS/c1-5-7-16-15(13-6-8-18-12(13)4)14-9-10(2)17-11(14)3/h6,8-9,15-16H,5,7H2,1-4H3. The van der Waals surface area contributed by atoms with Crippen molar-refractivity contribution >= 4 is 11.3 Å². The summed E-state index contributed by atoms with van der Waals surface area (Å²) in [7, 11) is 0. The molecule has 0 amide bonds. The maximum Gasteiger partial charge on any atom is 0.106 e. The maximum atomic E-state index is 5.68. The van der Waals surface area contributed by atoms with E-state index in [0.29, 0.717) is 0 Å². The van der Waals surface area contributed by atoms with Crippen LogP contribution >= 0.6 is 11.3 Å². The lowest BCUT2D eigenvalue weighted by atomic mass is 9.99. The summed E-state index contributed by atoms with van der Waals surface area (Å²) in [5.74, 6) is 2.00. The number of rotatable bonds is 5. The second-order valence-electron chi connectivity index (χ2n) is 4.69. The topological polar surface area (TPSA) is 25.2 Å². The average Bonchev–Trinajstić information content (AvgIpc) is 2.87. The summed E-state index contributed by atoms with van der Waals surface area (Å²) in [6.07, 6.45) is 1.13. The van der Waals surface area contributed by atoms with Crippen molar-refractivity contribution < 1.29 is 4.42 Å². The van der Waals surface area contributed by atoms with Crippen LogP contribution in [0.15, 0.2) is 21.9 Å². The normalized spacial score (nSPS) is 12.9. The van der Waals surface area contributed by atoms with E-state index in [4.69, 9.17) is 4.42 Å². The van der Waals surface area contributed by atoms with Gasteiger partial charge in [-0.25, -0.2) is 0 Å². The van der Waals surface area contributed by atoms with Crippen LogP contribution in [-0.4, -0.2) is 6.54 Å². The highest BCUT2D eigenvalue weighted by Crippen LogP contribution is 2.31. The molecule has 18 heavy (non-hydrogen) atoms. The van der Waals surface area contributed by atoms with Crippen LogP contribution in [0.2, 0.25) is 0 Å². The first-order chi connectivity index (χ1) is 8.63. The lowest BCUT2D eigenvalue weighted by Crippen LogP contribution is -2.23. The Bertz CT molecular complexity index is 512. The van der Waals surface area contributed by atoms with Gasteiger partial charge in [-0.15, -0.1) is 11.3 Å². The zero-order valence-corrected chi connectivity index (χ0v) is 12.4. The van der Waals surface area contributed by atoms with Crippen molar-refractivity contribution in [3.05, 3.63) is 45.0 Å². The second-order valence-corrected chi connectivity index (χ2v) is 5.81. The number of hydrogen-bond donors (Lipinski definition) is 1. The van der Waals surface area contributed by atoms with E-state index in [1.54, 1.807) is 11.3 Å². The molecule has 0 bridgehead atoms. The fourth-order valence-corrected chi connectivity index (χ4v) is 3.05. The molecule has 0 aromatic carbocycles. The van der Waals surface area contributed by atoms with Gasteiger partial charge in [0, 0.05) is 10.4 Å². The Morgan fingerprint density at radius 1 is 1.28 bits per heavy atom. The summed E-state index contributed by atoms with van der Waals surface area (Å²) < 4.78 is 5.68. The van der Waals surface area contributed by atoms with Crippen molar-refractivity contribution in [1.82, 2.24) is 5.32 Å². The molecule has 1 atom stereocenters. The molecule has 0 saturated carbocycles. The molecule has 3 heteroatoms. The van der Waals surface area contributed by atoms with Crippen molar-refractivity contribution in [2.24, 2.45) is 0 Å². The van der Waals surface area contributed by atoms with Crippen LogP contribution in [0.25, 0.3) is 0 Å². The molecule has 0 fully saturated rings. The van der Waals surface area contributed by atoms with Gasteiger partial charge in [-0.05, 0) is 56.8 Å². The molecule has 2 rings (SSSR count). The summed E-state index contributed by atoms with van der Waals surface area (Å²) >= 11 is 1.80. The van der Waals surface area contributed by atoms with Gasteiger partial charge in [-0.1, -0.05) is 6.92 Å². The number of thiophene rings is 1. The van der Waals surface area contributed by atoms with Gasteiger partial charge in [-0.2, -0.15) is 0 Å². The van der Waals surface area contributed by atoms with Gasteiger partial charge in [0.15, 0.2) is 0 Å². The highest BCUT2D eigenvalue weighted by molar-refractivity contribution is 7.10. The van der Waals surface area contributed by atoms with Crippen LogP contribution in [0.1, 0.15) is 46.9 Å². The summed E-state index contributed by atoms with van der Waals surface area (Å²) in [5.41, 5.74) is 2.64. The van der Waals surface area contributed by atoms with Crippen LogP contribution in [0.5, 0.6) is 0 Å². The molecule has 0 aliphatic carbocycles. The Labute approximate surface area is 113 Å². The van der Waals surface area contributed by atoms with Crippen molar-refractivity contribution in [1.29, 1.82) is 0 Å². The van der Waals surface area contributed by atoms with Crippen molar-refractivity contribution in [3.63, 3.8) is 0 Å². The number of hydrogen-bond acceptors (Lipinski definition) is 3. The quantitative estimate of drug-likeness (QED) is 0.867. The first-order valence-electron chi connectivity index (χ1n) is 6.47. The summed E-state index contributed by atoms with van der Waals surface area (Å²) in [6, 6.07) is 4.63. The highest BCUT2D eigenvalue weighted by atomic mass is 32.1. The lowest BCUT2D eigenvalue weighted by molar-refractivity contribution is 0.493. The minimum atomic E-state index is 0.258. The van der Waals surface area contributed by atoms with Gasteiger partial charge < -0.3 is 9.73 Å². The van der Waals surface area contributed by atoms with Crippen LogP contribution in [0.4, 0.5) is 0 Å². The van der Waals surface area contributed by atoms with Crippen LogP contribution < -0.4 is 5.32 Å². The van der Waals surface area contributed by atoms with Gasteiger partial charge in [-0.3, -0.25) is 0 Å². The lowest BCUT2D eigenvalue weighted by Gasteiger charge is -2.18. The number of furan rings is 1. The third-order valence-electron chi connectivity index (χ3n) is 3.20. The molecule has 2 heterocycles. The molecule has 0 spiro atoms. The molecular weight excluding hydrogens is 242 g/mol. The van der Waals surface area contributed by atoms with E-state index in [-0.39, 0.29) is 6.04 Å². The molecular formula is C15H21NOS. The molecule has 0 saturated heterocycles. The Kier molecular flexibility index (Phi) is 4.25. The second kappa shape index (κ2) is 5.72. The molecule has 0 aliphatic rings. The molecule has 0 aliphatic heterocycles. The minimum absolute atomic E-state index is 0.258. The van der Waals surface area contributed by atoms with Gasteiger partial charge in [0.2, 0.25) is 0 Å². The first kappa shape index (κ1) is 13.4. The molecule has 1 N–H and O–H groups in total. The number of nitrogens with one attached hydrogen (secondary N) is 1. The predicted octanol–water partition coefficient (Wildman–Crippen LogP) is 4.36. The van der Waals surface area contributed by atoms with Gasteiger partial charge >= 0.3 is 0 Å². The molecule has 2 aromatic rings. The average molecular weight is 263 g/mol. The van der Waals surface area contributed by atoms with Gasteiger partial charge in [0.05, 0.1) is 6.04 Å². The molecule has 2 aromatic heterocycles. The summed E-state index contributed by atoms with van der Waals surface area (Å²) in [6.45, 7) is 9.45.